The summed E-state index contributed by atoms with van der Waals surface area (Å²) in [5.41, 5.74) is 2.42. The summed E-state index contributed by atoms with van der Waals surface area (Å²) < 4.78 is 0.592. The largest absolute Gasteiger partial charge is 0.360 e. The van der Waals surface area contributed by atoms with Crippen LogP contribution in [0.2, 0.25) is 0 Å². The van der Waals surface area contributed by atoms with Crippen molar-refractivity contribution in [2.45, 2.75) is 6.92 Å². The number of hydrogen-bond acceptors (Lipinski definition) is 6. The van der Waals surface area contributed by atoms with Crippen molar-refractivity contribution < 1.29 is 4.79 Å². The summed E-state index contributed by atoms with van der Waals surface area (Å²) in [6, 6.07) is 0. The molecule has 0 atom stereocenters. The molecule has 0 bridgehead atoms. The van der Waals surface area contributed by atoms with E-state index in [1.54, 1.807) is 11.9 Å². The molecule has 0 aromatic carbocycles. The molecule has 8 heteroatoms. The van der Waals surface area contributed by atoms with E-state index in [-0.39, 0.29) is 12.5 Å². The van der Waals surface area contributed by atoms with Crippen molar-refractivity contribution in [1.29, 1.82) is 0 Å². The Bertz CT molecular complexity index is 399. The monoisotopic (exact) mass is 302 g/mol. The summed E-state index contributed by atoms with van der Waals surface area (Å²) in [6.45, 7) is 2.75. The minimum absolute atomic E-state index is 0.0136. The Kier molecular flexibility index (Phi) is 5.11. The van der Waals surface area contributed by atoms with Crippen LogP contribution in [0.1, 0.15) is 6.92 Å². The highest BCUT2D eigenvalue weighted by atomic mass is 79.9. The smallest absolute Gasteiger partial charge is 0.241 e. The van der Waals surface area contributed by atoms with Gasteiger partial charge in [0.25, 0.3) is 0 Å². The molecule has 0 spiro atoms. The predicted octanol–water partition coefficient (Wildman–Crippen LogP) is 0.415. The summed E-state index contributed by atoms with van der Waals surface area (Å²) in [5.74, 6) is 6.23. The van der Waals surface area contributed by atoms with Crippen LogP contribution in [0.3, 0.4) is 0 Å². The predicted molar refractivity (Wildman–Crippen MR) is 69.3 cm³/mol. The number of anilines is 2. The Morgan fingerprint density at radius 1 is 1.53 bits per heavy atom. The average Bonchev–Trinajstić information content (AvgIpc) is 2.36. The second-order valence-corrected chi connectivity index (χ2v) is 4.08. The van der Waals surface area contributed by atoms with Crippen molar-refractivity contribution in [2.24, 2.45) is 5.84 Å². The minimum atomic E-state index is -0.0136. The molecular weight excluding hydrogens is 288 g/mol. The third-order valence-electron chi connectivity index (χ3n) is 2.23. The van der Waals surface area contributed by atoms with Gasteiger partial charge in [0.1, 0.15) is 16.6 Å². The quantitative estimate of drug-likeness (QED) is 0.539. The highest BCUT2D eigenvalue weighted by Crippen LogP contribution is 2.25. The van der Waals surface area contributed by atoms with E-state index in [4.69, 9.17) is 5.84 Å². The number of hydrazine groups is 1. The lowest BCUT2D eigenvalue weighted by molar-refractivity contribution is -0.127. The van der Waals surface area contributed by atoms with E-state index >= 15 is 0 Å². The number of nitrogens with one attached hydrogen (secondary N) is 2. The number of carbonyl (C=O) groups is 1. The van der Waals surface area contributed by atoms with Crippen molar-refractivity contribution in [2.75, 3.05) is 30.9 Å². The molecule has 0 unspecified atom stereocenters. The van der Waals surface area contributed by atoms with Crippen molar-refractivity contribution in [3.63, 3.8) is 0 Å². The Morgan fingerprint density at radius 2 is 2.18 bits per heavy atom. The van der Waals surface area contributed by atoms with Gasteiger partial charge in [0.05, 0.1) is 6.54 Å². The molecule has 0 saturated carbocycles. The van der Waals surface area contributed by atoms with E-state index < -0.39 is 0 Å². The second-order valence-electron chi connectivity index (χ2n) is 3.29. The first kappa shape index (κ1) is 13.7. The van der Waals surface area contributed by atoms with E-state index in [0.29, 0.717) is 22.7 Å². The molecular formula is C9H15BrN6O. The van der Waals surface area contributed by atoms with E-state index in [9.17, 15) is 4.79 Å². The third-order valence-corrected chi connectivity index (χ3v) is 2.98. The van der Waals surface area contributed by atoms with Crippen molar-refractivity contribution >= 4 is 33.5 Å². The van der Waals surface area contributed by atoms with Crippen molar-refractivity contribution in [3.8, 4) is 0 Å². The van der Waals surface area contributed by atoms with Gasteiger partial charge in [-0.2, -0.15) is 0 Å². The number of rotatable bonds is 5. The molecule has 1 heterocycles. The Balaban J connectivity index is 2.67. The molecule has 0 aliphatic heterocycles. The van der Waals surface area contributed by atoms with Gasteiger partial charge in [-0.3, -0.25) is 4.79 Å². The molecule has 1 rings (SSSR count). The van der Waals surface area contributed by atoms with Gasteiger partial charge in [-0.25, -0.2) is 15.8 Å². The van der Waals surface area contributed by atoms with E-state index in [0.717, 1.165) is 0 Å². The second kappa shape index (κ2) is 6.36. The van der Waals surface area contributed by atoms with Crippen LogP contribution in [-0.4, -0.2) is 40.9 Å². The fourth-order valence-electron chi connectivity index (χ4n) is 1.06. The lowest BCUT2D eigenvalue weighted by Crippen LogP contribution is -2.32. The van der Waals surface area contributed by atoms with E-state index in [2.05, 4.69) is 36.6 Å². The Morgan fingerprint density at radius 3 is 2.76 bits per heavy atom. The van der Waals surface area contributed by atoms with Gasteiger partial charge in [0, 0.05) is 13.6 Å². The van der Waals surface area contributed by atoms with Crippen LogP contribution in [0.25, 0.3) is 0 Å². The normalized spacial score (nSPS) is 9.88. The number of nitrogens with zero attached hydrogens (tertiary/aromatic N) is 3. The van der Waals surface area contributed by atoms with Crippen LogP contribution in [0.5, 0.6) is 0 Å². The molecule has 1 aromatic rings. The molecule has 0 fully saturated rings. The number of carbonyl (C=O) groups excluding carboxylic acids is 1. The summed E-state index contributed by atoms with van der Waals surface area (Å²) in [6.07, 6.45) is 1.36. The Labute approximate surface area is 108 Å². The lowest BCUT2D eigenvalue weighted by atomic mass is 10.4. The van der Waals surface area contributed by atoms with Crippen LogP contribution < -0.4 is 16.6 Å². The summed E-state index contributed by atoms with van der Waals surface area (Å²) in [4.78, 5) is 21.1. The molecule has 7 nitrogen and oxygen atoms in total. The zero-order valence-corrected chi connectivity index (χ0v) is 11.3. The summed E-state index contributed by atoms with van der Waals surface area (Å²) in [7, 11) is 1.74. The van der Waals surface area contributed by atoms with Gasteiger partial charge in [-0.05, 0) is 22.9 Å². The zero-order valence-electron chi connectivity index (χ0n) is 9.70. The molecule has 0 radical (unpaired) electrons. The fourth-order valence-corrected chi connectivity index (χ4v) is 1.52. The van der Waals surface area contributed by atoms with Gasteiger partial charge in [-0.15, -0.1) is 0 Å². The van der Waals surface area contributed by atoms with Gasteiger partial charge >= 0.3 is 0 Å². The number of halogens is 1. The number of amides is 1. The minimum Gasteiger partial charge on any atom is -0.360 e. The molecule has 1 aromatic heterocycles. The topological polar surface area (TPSA) is 96.2 Å². The number of hydrogen-bond donors (Lipinski definition) is 3. The first-order valence-corrected chi connectivity index (χ1v) is 5.84. The number of aromatic nitrogens is 2. The maximum Gasteiger partial charge on any atom is 0.241 e. The van der Waals surface area contributed by atoms with Crippen molar-refractivity contribution in [3.05, 3.63) is 10.8 Å². The summed E-state index contributed by atoms with van der Waals surface area (Å²) in [5, 5.41) is 2.92. The van der Waals surface area contributed by atoms with Gasteiger partial charge in [0.2, 0.25) is 5.91 Å². The molecule has 17 heavy (non-hydrogen) atoms. The van der Waals surface area contributed by atoms with Crippen LogP contribution in [-0.2, 0) is 4.79 Å². The number of likely N-dealkylation sites (N-methyl/N-ethyl adjacent to an activating group) is 1. The van der Waals surface area contributed by atoms with Gasteiger partial charge < -0.3 is 15.6 Å². The number of nitrogen functional groups attached to an aromatic ring is 1. The van der Waals surface area contributed by atoms with Gasteiger partial charge in [-0.1, -0.05) is 0 Å². The highest BCUT2D eigenvalue weighted by Gasteiger charge is 2.10. The third kappa shape index (κ3) is 3.53. The maximum atomic E-state index is 11.6. The maximum absolute atomic E-state index is 11.6. The van der Waals surface area contributed by atoms with Crippen LogP contribution in [0.4, 0.5) is 11.6 Å². The Hall–Kier alpha value is -1.41. The average molecular weight is 303 g/mol. The first-order valence-electron chi connectivity index (χ1n) is 5.05. The molecule has 0 aliphatic carbocycles. The van der Waals surface area contributed by atoms with E-state index in [1.807, 2.05) is 6.92 Å². The fraction of sp³-hybridized carbons (Fsp3) is 0.444. The van der Waals surface area contributed by atoms with Crippen LogP contribution >= 0.6 is 15.9 Å². The number of nitrogens with two attached hydrogens (primary N) is 1. The van der Waals surface area contributed by atoms with E-state index in [1.165, 1.54) is 6.33 Å². The highest BCUT2D eigenvalue weighted by molar-refractivity contribution is 9.10. The molecule has 94 valence electrons. The van der Waals surface area contributed by atoms with Gasteiger partial charge in [0.15, 0.2) is 5.82 Å². The SMILES string of the molecule is CCN(C)C(=O)CNc1ncnc(NN)c1Br. The molecule has 0 saturated heterocycles. The van der Waals surface area contributed by atoms with Crippen molar-refractivity contribution in [1.82, 2.24) is 14.9 Å². The zero-order chi connectivity index (χ0) is 12.8. The first-order chi connectivity index (χ1) is 8.10. The summed E-state index contributed by atoms with van der Waals surface area (Å²) >= 11 is 3.29. The van der Waals surface area contributed by atoms with Crippen LogP contribution in [0, 0.1) is 0 Å². The lowest BCUT2D eigenvalue weighted by Gasteiger charge is -2.15. The molecule has 1 amide bonds. The van der Waals surface area contributed by atoms with Crippen LogP contribution in [0.15, 0.2) is 10.8 Å². The molecule has 4 N–H and O–H groups in total. The standard InChI is InChI=1S/C9H15BrN6O/c1-3-16(2)6(17)4-12-8-7(10)9(15-11)14-5-13-8/h5H,3-4,11H2,1-2H3,(H2,12,13,14,15). The molecule has 0 aliphatic rings.